The Morgan fingerprint density at radius 3 is 2.34 bits per heavy atom. The van der Waals surface area contributed by atoms with Crippen molar-refractivity contribution in [1.82, 2.24) is 15.6 Å². The van der Waals surface area contributed by atoms with Gasteiger partial charge in [-0.1, -0.05) is 23.2 Å². The first-order chi connectivity index (χ1) is 18.2. The molecule has 204 valence electrons. The average Bonchev–Trinajstić information content (AvgIpc) is 3.16. The summed E-state index contributed by atoms with van der Waals surface area (Å²) in [5.41, 5.74) is -0.534. The lowest BCUT2D eigenvalue weighted by Crippen LogP contribution is -2.55. The zero-order chi connectivity index (χ0) is 26.9. The molecule has 3 aliphatic rings. The number of carbonyl (C=O) groups excluding carboxylic acids is 2. The van der Waals surface area contributed by atoms with E-state index in [0.717, 1.165) is 44.3 Å². The van der Waals surface area contributed by atoms with E-state index in [2.05, 4.69) is 20.5 Å². The summed E-state index contributed by atoms with van der Waals surface area (Å²) in [5.74, 6) is 1.03. The molecular formula is C28H34Cl2N4O4. The van der Waals surface area contributed by atoms with Gasteiger partial charge in [-0.3, -0.25) is 9.59 Å². The van der Waals surface area contributed by atoms with Crippen molar-refractivity contribution in [2.75, 3.05) is 18.1 Å². The molecule has 38 heavy (non-hydrogen) atoms. The van der Waals surface area contributed by atoms with Gasteiger partial charge in [0.05, 0.1) is 10.6 Å². The first-order valence-electron chi connectivity index (χ1n) is 13.3. The molecule has 2 N–H and O–H groups in total. The second-order valence-electron chi connectivity index (χ2n) is 10.9. The van der Waals surface area contributed by atoms with Gasteiger partial charge in [0, 0.05) is 48.6 Å². The number of hydrogen-bond donors (Lipinski definition) is 2. The predicted molar refractivity (Wildman–Crippen MR) is 147 cm³/mol. The quantitative estimate of drug-likeness (QED) is 0.506. The third-order valence-corrected chi connectivity index (χ3v) is 8.24. The Morgan fingerprint density at radius 2 is 1.71 bits per heavy atom. The molecule has 3 atom stereocenters. The fourth-order valence-electron chi connectivity index (χ4n) is 5.69. The summed E-state index contributed by atoms with van der Waals surface area (Å²) in [6, 6.07) is 9.51. The molecule has 1 aromatic carbocycles. The number of nitrogens with one attached hydrogen (secondary N) is 2. The molecule has 0 aliphatic carbocycles. The van der Waals surface area contributed by atoms with Crippen molar-refractivity contribution in [2.45, 2.75) is 82.1 Å². The molecule has 1 aromatic heterocycles. The number of pyridine rings is 1. The molecule has 1 unspecified atom stereocenters. The highest BCUT2D eigenvalue weighted by molar-refractivity contribution is 6.35. The molecule has 2 aromatic rings. The number of nitrogens with zero attached hydrogens (tertiary/aromatic N) is 2. The highest BCUT2D eigenvalue weighted by Crippen LogP contribution is 2.39. The lowest BCUT2D eigenvalue weighted by atomic mass is 9.96. The Morgan fingerprint density at radius 1 is 1.00 bits per heavy atom. The Labute approximate surface area is 233 Å². The van der Waals surface area contributed by atoms with E-state index in [4.69, 9.17) is 32.7 Å². The third kappa shape index (κ3) is 6.03. The summed E-state index contributed by atoms with van der Waals surface area (Å²) in [4.78, 5) is 32.8. The fourth-order valence-corrected chi connectivity index (χ4v) is 6.14. The predicted octanol–water partition coefficient (Wildman–Crippen LogP) is 4.77. The fraction of sp³-hybridized carbons (Fsp3) is 0.536. The van der Waals surface area contributed by atoms with E-state index in [1.807, 2.05) is 12.1 Å². The van der Waals surface area contributed by atoms with Crippen molar-refractivity contribution in [1.29, 1.82) is 0 Å². The smallest absolute Gasteiger partial charge is 0.263 e. The molecule has 3 fully saturated rings. The molecule has 2 bridgehead atoms. The summed E-state index contributed by atoms with van der Waals surface area (Å²) in [6.45, 7) is 4.84. The van der Waals surface area contributed by atoms with Gasteiger partial charge < -0.3 is 25.0 Å². The Hall–Kier alpha value is -2.55. The van der Waals surface area contributed by atoms with E-state index in [1.54, 1.807) is 38.2 Å². The van der Waals surface area contributed by atoms with Crippen LogP contribution in [0.2, 0.25) is 10.0 Å². The summed E-state index contributed by atoms with van der Waals surface area (Å²) >= 11 is 12.2. The van der Waals surface area contributed by atoms with E-state index in [-0.39, 0.29) is 36.0 Å². The molecule has 8 nitrogen and oxygen atoms in total. The van der Waals surface area contributed by atoms with Crippen LogP contribution >= 0.6 is 23.2 Å². The molecule has 3 aliphatic heterocycles. The molecule has 10 heteroatoms. The number of fused-ring (bicyclic) bond motifs is 2. The number of benzene rings is 1. The van der Waals surface area contributed by atoms with E-state index in [0.29, 0.717) is 34.6 Å². The van der Waals surface area contributed by atoms with Crippen molar-refractivity contribution >= 4 is 40.8 Å². The van der Waals surface area contributed by atoms with Crippen LogP contribution < -0.4 is 20.3 Å². The molecule has 4 heterocycles. The molecule has 0 saturated carbocycles. The van der Waals surface area contributed by atoms with E-state index in [9.17, 15) is 9.59 Å². The maximum atomic E-state index is 13.2. The second-order valence-corrected chi connectivity index (χ2v) is 11.7. The van der Waals surface area contributed by atoms with Crippen LogP contribution in [0.15, 0.2) is 36.5 Å². The van der Waals surface area contributed by atoms with Crippen LogP contribution in [0.3, 0.4) is 0 Å². The summed E-state index contributed by atoms with van der Waals surface area (Å²) in [6.07, 6.45) is 7.09. The maximum Gasteiger partial charge on any atom is 0.263 e. The Bertz CT molecular complexity index is 1160. The molecule has 0 spiro atoms. The Balaban J connectivity index is 1.17. The van der Waals surface area contributed by atoms with E-state index >= 15 is 0 Å². The minimum Gasteiger partial charge on any atom is -0.476 e. The van der Waals surface area contributed by atoms with Crippen molar-refractivity contribution in [3.8, 4) is 5.75 Å². The van der Waals surface area contributed by atoms with Crippen LogP contribution in [-0.4, -0.2) is 59.8 Å². The van der Waals surface area contributed by atoms with Gasteiger partial charge in [-0.2, -0.15) is 0 Å². The molecule has 3 saturated heterocycles. The number of hydrogen-bond acceptors (Lipinski definition) is 6. The lowest BCUT2D eigenvalue weighted by molar-refractivity contribution is -0.135. The van der Waals surface area contributed by atoms with Gasteiger partial charge in [0.2, 0.25) is 0 Å². The van der Waals surface area contributed by atoms with Gasteiger partial charge in [-0.15, -0.1) is 0 Å². The minimum absolute atomic E-state index is 0.0457. The summed E-state index contributed by atoms with van der Waals surface area (Å²) < 4.78 is 11.3. The lowest BCUT2D eigenvalue weighted by Gasteiger charge is -2.40. The molecular weight excluding hydrogens is 527 g/mol. The van der Waals surface area contributed by atoms with Crippen LogP contribution in [-0.2, 0) is 9.53 Å². The number of amides is 2. The van der Waals surface area contributed by atoms with E-state index < -0.39 is 5.60 Å². The SMILES string of the molecule is CC(C)(Oc1ccc(Cl)cc1Cl)C(=O)NC1C[C@H]2CC[C@@H](C1)N2c1ccc(C(=O)NC2CCOCC2)cn1. The molecule has 5 rings (SSSR count). The number of carbonyl (C=O) groups is 2. The van der Waals surface area contributed by atoms with Crippen LogP contribution in [0.1, 0.15) is 62.7 Å². The number of anilines is 1. The highest BCUT2D eigenvalue weighted by Gasteiger charge is 2.43. The topological polar surface area (TPSA) is 92.8 Å². The zero-order valence-electron chi connectivity index (χ0n) is 21.7. The summed E-state index contributed by atoms with van der Waals surface area (Å²) in [5, 5.41) is 7.16. The average molecular weight is 562 g/mol. The number of ether oxygens (including phenoxy) is 2. The number of aromatic nitrogens is 1. The van der Waals surface area contributed by atoms with Gasteiger partial charge in [0.15, 0.2) is 5.60 Å². The first kappa shape index (κ1) is 27.0. The van der Waals surface area contributed by atoms with Gasteiger partial charge in [0.1, 0.15) is 11.6 Å². The third-order valence-electron chi connectivity index (χ3n) is 7.71. The normalized spacial score (nSPS) is 23.7. The number of halogens is 2. The zero-order valence-corrected chi connectivity index (χ0v) is 23.2. The van der Waals surface area contributed by atoms with Gasteiger partial charge in [-0.25, -0.2) is 4.98 Å². The largest absolute Gasteiger partial charge is 0.476 e. The van der Waals surface area contributed by atoms with Crippen molar-refractivity contribution in [3.63, 3.8) is 0 Å². The number of piperidine rings is 1. The minimum atomic E-state index is -1.10. The highest BCUT2D eigenvalue weighted by atomic mass is 35.5. The summed E-state index contributed by atoms with van der Waals surface area (Å²) in [7, 11) is 0. The van der Waals surface area contributed by atoms with Crippen LogP contribution in [0.25, 0.3) is 0 Å². The van der Waals surface area contributed by atoms with E-state index in [1.165, 1.54) is 0 Å². The van der Waals surface area contributed by atoms with Crippen molar-refractivity contribution in [3.05, 3.63) is 52.1 Å². The molecule has 2 amide bonds. The van der Waals surface area contributed by atoms with Gasteiger partial charge in [0.25, 0.3) is 11.8 Å². The van der Waals surface area contributed by atoms with Crippen molar-refractivity contribution < 1.29 is 19.1 Å². The Kier molecular flexibility index (Phi) is 8.03. The first-order valence-corrected chi connectivity index (χ1v) is 14.0. The molecule has 0 radical (unpaired) electrons. The standard InChI is InChI=1S/C28H34Cl2N4O4/c1-28(2,38-24-7-4-18(29)13-23(24)30)27(36)33-20-14-21-5-6-22(15-20)34(21)25-8-3-17(16-31-25)26(35)32-19-9-11-37-12-10-19/h3-4,7-8,13,16,19-22H,5-6,9-12,14-15H2,1-2H3,(H,32,35)(H,33,36)/t20?,21-,22+. The maximum absolute atomic E-state index is 13.2. The van der Waals surface area contributed by atoms with Crippen molar-refractivity contribution in [2.24, 2.45) is 0 Å². The monoisotopic (exact) mass is 560 g/mol. The van der Waals surface area contributed by atoms with Crippen LogP contribution in [0.4, 0.5) is 5.82 Å². The van der Waals surface area contributed by atoms with Crippen LogP contribution in [0.5, 0.6) is 5.75 Å². The second kappa shape index (κ2) is 11.3. The van der Waals surface area contributed by atoms with Gasteiger partial charge >= 0.3 is 0 Å². The van der Waals surface area contributed by atoms with Crippen LogP contribution in [0, 0.1) is 0 Å². The van der Waals surface area contributed by atoms with Gasteiger partial charge in [-0.05, 0) is 82.7 Å². The number of rotatable bonds is 7.